The fourth-order valence-corrected chi connectivity index (χ4v) is 1.88. The van der Waals surface area contributed by atoms with Crippen LogP contribution in [-0.2, 0) is 20.9 Å². The van der Waals surface area contributed by atoms with Crippen molar-refractivity contribution in [1.82, 2.24) is 5.32 Å². The van der Waals surface area contributed by atoms with Crippen LogP contribution in [0.1, 0.15) is 5.56 Å². The van der Waals surface area contributed by atoms with E-state index in [1.165, 1.54) is 18.2 Å². The molecule has 2 rings (SSSR count). The maximum atomic E-state index is 13.0. The highest BCUT2D eigenvalue weighted by atomic mass is 19.1. The third-order valence-corrected chi connectivity index (χ3v) is 3.17. The predicted octanol–water partition coefficient (Wildman–Crippen LogP) is 2.07. The summed E-state index contributed by atoms with van der Waals surface area (Å²) in [6.45, 7) is -0.517. The number of methoxy groups -OCH3 is 1. The van der Waals surface area contributed by atoms with E-state index >= 15 is 0 Å². The lowest BCUT2D eigenvalue weighted by atomic mass is 10.2. The van der Waals surface area contributed by atoms with Crippen molar-refractivity contribution in [1.29, 1.82) is 0 Å². The van der Waals surface area contributed by atoms with Crippen LogP contribution in [0.5, 0.6) is 11.5 Å². The highest BCUT2D eigenvalue weighted by Gasteiger charge is 2.09. The van der Waals surface area contributed by atoms with E-state index < -0.39 is 30.9 Å². The van der Waals surface area contributed by atoms with Crippen molar-refractivity contribution in [3.63, 3.8) is 0 Å². The number of benzene rings is 2. The third-order valence-electron chi connectivity index (χ3n) is 3.17. The Labute approximate surface area is 144 Å². The van der Waals surface area contributed by atoms with Gasteiger partial charge in [-0.05, 0) is 29.8 Å². The first-order valence-electron chi connectivity index (χ1n) is 7.50. The molecule has 0 bridgehead atoms. The molecular weight excluding hydrogens is 329 g/mol. The Morgan fingerprint density at radius 1 is 1.04 bits per heavy atom. The van der Waals surface area contributed by atoms with Gasteiger partial charge in [0.25, 0.3) is 5.91 Å². The lowest BCUT2D eigenvalue weighted by molar-refractivity contribution is -0.150. The Kier molecular flexibility index (Phi) is 6.76. The van der Waals surface area contributed by atoms with Crippen molar-refractivity contribution in [2.45, 2.75) is 6.54 Å². The van der Waals surface area contributed by atoms with Crippen LogP contribution in [0, 0.1) is 5.82 Å². The summed E-state index contributed by atoms with van der Waals surface area (Å²) >= 11 is 0. The fraction of sp³-hybridized carbons (Fsp3) is 0.222. The van der Waals surface area contributed by atoms with E-state index in [1.807, 2.05) is 12.1 Å². The molecule has 132 valence electrons. The minimum absolute atomic E-state index is 0.209. The van der Waals surface area contributed by atoms with Crippen LogP contribution in [0.2, 0.25) is 0 Å². The molecule has 25 heavy (non-hydrogen) atoms. The molecule has 0 spiro atoms. The maximum absolute atomic E-state index is 13.0. The number of hydrogen-bond acceptors (Lipinski definition) is 5. The van der Waals surface area contributed by atoms with E-state index in [1.54, 1.807) is 19.2 Å². The van der Waals surface area contributed by atoms with E-state index in [2.05, 4.69) is 5.32 Å². The Morgan fingerprint density at radius 3 is 2.48 bits per heavy atom. The number of esters is 1. The molecule has 0 aliphatic heterocycles. The molecule has 2 aromatic rings. The molecular formula is C18H18FNO5. The third kappa shape index (κ3) is 6.50. The molecule has 0 aliphatic rings. The summed E-state index contributed by atoms with van der Waals surface area (Å²) in [5.74, 6) is -0.689. The zero-order chi connectivity index (χ0) is 18.1. The number of rotatable bonds is 8. The van der Waals surface area contributed by atoms with Gasteiger partial charge in [-0.25, -0.2) is 9.18 Å². The lowest BCUT2D eigenvalue weighted by Gasteiger charge is -2.08. The van der Waals surface area contributed by atoms with E-state index in [-0.39, 0.29) is 5.75 Å². The molecule has 0 unspecified atom stereocenters. The molecule has 1 N–H and O–H groups in total. The molecule has 0 fully saturated rings. The molecule has 0 aromatic heterocycles. The van der Waals surface area contributed by atoms with Crippen LogP contribution < -0.4 is 14.8 Å². The van der Waals surface area contributed by atoms with Gasteiger partial charge in [0.05, 0.1) is 7.11 Å². The second-order valence-electron chi connectivity index (χ2n) is 5.03. The molecule has 7 heteroatoms. The Hall–Kier alpha value is -3.09. The normalized spacial score (nSPS) is 10.0. The van der Waals surface area contributed by atoms with E-state index in [0.717, 1.165) is 17.4 Å². The van der Waals surface area contributed by atoms with Crippen LogP contribution in [0.25, 0.3) is 0 Å². The van der Waals surface area contributed by atoms with Gasteiger partial charge >= 0.3 is 5.97 Å². The first-order chi connectivity index (χ1) is 12.1. The van der Waals surface area contributed by atoms with E-state index in [9.17, 15) is 14.0 Å². The van der Waals surface area contributed by atoms with Crippen LogP contribution in [0.3, 0.4) is 0 Å². The summed E-state index contributed by atoms with van der Waals surface area (Å²) in [5, 5.41) is 2.63. The Morgan fingerprint density at radius 2 is 1.80 bits per heavy atom. The van der Waals surface area contributed by atoms with Crippen LogP contribution >= 0.6 is 0 Å². The summed E-state index contributed by atoms with van der Waals surface area (Å²) in [4.78, 5) is 23.2. The molecule has 6 nitrogen and oxygen atoms in total. The molecule has 1 amide bonds. The van der Waals surface area contributed by atoms with Gasteiger partial charge < -0.3 is 19.5 Å². The van der Waals surface area contributed by atoms with Gasteiger partial charge in [-0.3, -0.25) is 4.79 Å². The van der Waals surface area contributed by atoms with Crippen LogP contribution in [0.15, 0.2) is 48.5 Å². The summed E-state index contributed by atoms with van der Waals surface area (Å²) in [7, 11) is 1.57. The standard InChI is InChI=1S/C18H18FNO5/c1-23-15-7-5-13(6-8-15)10-20-17(21)11-25-18(22)12-24-16-4-2-3-14(19)9-16/h2-9H,10-12H2,1H3,(H,20,21). The van der Waals surface area contributed by atoms with Gasteiger partial charge in [0.2, 0.25) is 0 Å². The summed E-state index contributed by atoms with van der Waals surface area (Å²) in [6.07, 6.45) is 0. The van der Waals surface area contributed by atoms with Crippen molar-refractivity contribution < 1.29 is 28.2 Å². The lowest BCUT2D eigenvalue weighted by Crippen LogP contribution is -2.29. The van der Waals surface area contributed by atoms with E-state index in [0.29, 0.717) is 6.54 Å². The van der Waals surface area contributed by atoms with E-state index in [4.69, 9.17) is 14.2 Å². The fourth-order valence-electron chi connectivity index (χ4n) is 1.88. The van der Waals surface area contributed by atoms with Crippen molar-refractivity contribution in [2.75, 3.05) is 20.3 Å². The highest BCUT2D eigenvalue weighted by Crippen LogP contribution is 2.12. The number of carbonyl (C=O) groups is 2. The molecule has 0 radical (unpaired) electrons. The molecule has 0 heterocycles. The van der Waals surface area contributed by atoms with Gasteiger partial charge in [-0.15, -0.1) is 0 Å². The van der Waals surface area contributed by atoms with Gasteiger partial charge in [0.15, 0.2) is 13.2 Å². The molecule has 0 saturated carbocycles. The quantitative estimate of drug-likeness (QED) is 0.740. The monoisotopic (exact) mass is 347 g/mol. The largest absolute Gasteiger partial charge is 0.497 e. The second-order valence-corrected chi connectivity index (χ2v) is 5.03. The smallest absolute Gasteiger partial charge is 0.344 e. The van der Waals surface area contributed by atoms with Crippen LogP contribution in [0.4, 0.5) is 4.39 Å². The maximum Gasteiger partial charge on any atom is 0.344 e. The summed E-state index contributed by atoms with van der Waals surface area (Å²) in [6, 6.07) is 12.6. The number of nitrogens with one attached hydrogen (secondary N) is 1. The second kappa shape index (κ2) is 9.27. The first-order valence-corrected chi connectivity index (χ1v) is 7.50. The average Bonchev–Trinajstić information content (AvgIpc) is 2.63. The van der Waals surface area contributed by atoms with Gasteiger partial charge in [0.1, 0.15) is 17.3 Å². The van der Waals surface area contributed by atoms with Gasteiger partial charge in [-0.1, -0.05) is 18.2 Å². The molecule has 0 saturated heterocycles. The first kappa shape index (κ1) is 18.3. The topological polar surface area (TPSA) is 73.9 Å². The van der Waals surface area contributed by atoms with Crippen molar-refractivity contribution in [3.8, 4) is 11.5 Å². The molecule has 0 aliphatic carbocycles. The SMILES string of the molecule is COc1ccc(CNC(=O)COC(=O)COc2cccc(F)c2)cc1. The number of carbonyl (C=O) groups excluding carboxylic acids is 2. The average molecular weight is 347 g/mol. The highest BCUT2D eigenvalue weighted by molar-refractivity contribution is 5.80. The Bertz CT molecular complexity index is 718. The van der Waals surface area contributed by atoms with Crippen LogP contribution in [-0.4, -0.2) is 32.2 Å². The number of ether oxygens (including phenoxy) is 3. The minimum atomic E-state index is -0.719. The molecule has 2 aromatic carbocycles. The minimum Gasteiger partial charge on any atom is -0.497 e. The number of amides is 1. The van der Waals surface area contributed by atoms with Crippen molar-refractivity contribution >= 4 is 11.9 Å². The zero-order valence-electron chi connectivity index (χ0n) is 13.7. The summed E-state index contributed by atoms with van der Waals surface area (Å²) in [5.41, 5.74) is 0.884. The zero-order valence-corrected chi connectivity index (χ0v) is 13.7. The predicted molar refractivity (Wildman–Crippen MR) is 87.7 cm³/mol. The van der Waals surface area contributed by atoms with Crippen molar-refractivity contribution in [3.05, 3.63) is 59.9 Å². The van der Waals surface area contributed by atoms with Gasteiger partial charge in [-0.2, -0.15) is 0 Å². The molecule has 0 atom stereocenters. The van der Waals surface area contributed by atoms with Crippen molar-refractivity contribution in [2.24, 2.45) is 0 Å². The van der Waals surface area contributed by atoms with Gasteiger partial charge in [0, 0.05) is 12.6 Å². The summed E-state index contributed by atoms with van der Waals surface area (Å²) < 4.78 is 27.9. The number of halogens is 1. The number of hydrogen-bond donors (Lipinski definition) is 1. The Balaban J connectivity index is 1.65.